The molecule has 0 spiro atoms. The standard InChI is InChI=1S/C10H12ClN5O4/c1-14(6-8-3-4-9(11)12-5-8)10(13-16(18)19)15(2)20-7-17/h3-5,7H,6H2,1-2H3. The molecule has 1 aromatic heterocycles. The lowest BCUT2D eigenvalue weighted by Crippen LogP contribution is -2.40. The summed E-state index contributed by atoms with van der Waals surface area (Å²) in [7, 11) is 2.88. The van der Waals surface area contributed by atoms with Crippen molar-refractivity contribution < 1.29 is 14.7 Å². The Hall–Kier alpha value is -2.42. The number of hydrazone groups is 1. The molecule has 1 heterocycles. The van der Waals surface area contributed by atoms with Crippen LogP contribution in [0.15, 0.2) is 23.4 Å². The van der Waals surface area contributed by atoms with Crippen molar-refractivity contribution in [3.63, 3.8) is 0 Å². The van der Waals surface area contributed by atoms with Gasteiger partial charge in [0.15, 0.2) is 5.03 Å². The summed E-state index contributed by atoms with van der Waals surface area (Å²) in [6.45, 7) is 0.413. The topological polar surface area (TPSA) is 101 Å². The quantitative estimate of drug-likeness (QED) is 0.197. The molecular formula is C10H12ClN5O4. The number of rotatable bonds is 5. The van der Waals surface area contributed by atoms with E-state index in [1.807, 2.05) is 0 Å². The summed E-state index contributed by atoms with van der Waals surface area (Å²) in [5, 5.41) is 14.0. The summed E-state index contributed by atoms with van der Waals surface area (Å²) in [6.07, 6.45) is 1.53. The number of nitrogens with zero attached hydrogens (tertiary/aromatic N) is 5. The number of pyridine rings is 1. The van der Waals surface area contributed by atoms with Crippen LogP contribution >= 0.6 is 11.6 Å². The fraction of sp³-hybridized carbons (Fsp3) is 0.300. The van der Waals surface area contributed by atoms with Gasteiger partial charge in [-0.3, -0.25) is 4.79 Å². The van der Waals surface area contributed by atoms with Crippen LogP contribution in [0.5, 0.6) is 0 Å². The number of aromatic nitrogens is 1. The third kappa shape index (κ3) is 4.69. The molecule has 0 bridgehead atoms. The summed E-state index contributed by atoms with van der Waals surface area (Å²) in [5.74, 6) is -0.142. The van der Waals surface area contributed by atoms with Crippen molar-refractivity contribution in [2.45, 2.75) is 6.54 Å². The zero-order chi connectivity index (χ0) is 15.1. The fourth-order valence-electron chi connectivity index (χ4n) is 1.41. The SMILES string of the molecule is CN(Cc1ccc(Cl)nc1)C(=N[N+](=O)[O-])N(C)OC=O. The average Bonchev–Trinajstić information content (AvgIpc) is 2.38. The van der Waals surface area contributed by atoms with E-state index in [1.165, 1.54) is 18.1 Å². The van der Waals surface area contributed by atoms with Gasteiger partial charge >= 0.3 is 12.4 Å². The molecule has 108 valence electrons. The Morgan fingerprint density at radius 1 is 1.60 bits per heavy atom. The molecule has 0 aliphatic heterocycles. The van der Waals surface area contributed by atoms with E-state index in [1.54, 1.807) is 19.2 Å². The molecule has 1 rings (SSSR count). The van der Waals surface area contributed by atoms with Crippen LogP contribution < -0.4 is 0 Å². The summed E-state index contributed by atoms with van der Waals surface area (Å²) < 4.78 is 0. The summed E-state index contributed by atoms with van der Waals surface area (Å²) in [4.78, 5) is 30.7. The maximum atomic E-state index is 10.5. The second kappa shape index (κ2) is 7.24. The summed E-state index contributed by atoms with van der Waals surface area (Å²) in [5.41, 5.74) is 0.757. The molecule has 0 unspecified atom stereocenters. The summed E-state index contributed by atoms with van der Waals surface area (Å²) in [6, 6.07) is 3.32. The molecule has 0 N–H and O–H groups in total. The third-order valence-corrected chi connectivity index (χ3v) is 2.43. The highest BCUT2D eigenvalue weighted by Crippen LogP contribution is 2.08. The summed E-state index contributed by atoms with van der Waals surface area (Å²) >= 11 is 5.67. The van der Waals surface area contributed by atoms with Crippen molar-refractivity contribution >= 4 is 24.0 Å². The van der Waals surface area contributed by atoms with Crippen molar-refractivity contribution in [1.29, 1.82) is 0 Å². The Labute approximate surface area is 119 Å². The van der Waals surface area contributed by atoms with E-state index in [2.05, 4.69) is 14.9 Å². The van der Waals surface area contributed by atoms with Crippen LogP contribution in [0.4, 0.5) is 0 Å². The minimum absolute atomic E-state index is 0.142. The maximum Gasteiger partial charge on any atom is 0.320 e. The maximum absolute atomic E-state index is 10.5. The van der Waals surface area contributed by atoms with E-state index in [0.717, 1.165) is 10.6 Å². The van der Waals surface area contributed by atoms with Crippen LogP contribution in [-0.4, -0.2) is 46.5 Å². The number of hydrogen-bond donors (Lipinski definition) is 0. The molecule has 0 saturated heterocycles. The second-order valence-corrected chi connectivity index (χ2v) is 4.07. The molecule has 0 aromatic carbocycles. The molecule has 0 saturated carbocycles. The minimum atomic E-state index is -0.878. The van der Waals surface area contributed by atoms with Gasteiger partial charge in [-0.15, -0.1) is 0 Å². The van der Waals surface area contributed by atoms with Crippen LogP contribution in [0.3, 0.4) is 0 Å². The van der Waals surface area contributed by atoms with Crippen LogP contribution in [-0.2, 0) is 16.2 Å². The van der Waals surface area contributed by atoms with Crippen LogP contribution in [0.2, 0.25) is 5.15 Å². The van der Waals surface area contributed by atoms with Crippen LogP contribution in [0.25, 0.3) is 0 Å². The van der Waals surface area contributed by atoms with Crippen molar-refractivity contribution in [3.05, 3.63) is 39.2 Å². The first-order valence-corrected chi connectivity index (χ1v) is 5.70. The monoisotopic (exact) mass is 301 g/mol. The molecule has 9 nitrogen and oxygen atoms in total. The van der Waals surface area contributed by atoms with Gasteiger partial charge in [0.05, 0.1) is 0 Å². The Kier molecular flexibility index (Phi) is 5.66. The number of hydrogen-bond acceptors (Lipinski definition) is 5. The Balaban J connectivity index is 2.87. The van der Waals surface area contributed by atoms with Gasteiger partial charge in [0.2, 0.25) is 0 Å². The first-order chi connectivity index (χ1) is 9.43. The number of nitro groups is 1. The lowest BCUT2D eigenvalue weighted by Gasteiger charge is -2.24. The normalized spacial score (nSPS) is 10.8. The van der Waals surface area contributed by atoms with Crippen molar-refractivity contribution in [1.82, 2.24) is 14.9 Å². The number of carbonyl (C=O) groups is 1. The molecule has 0 radical (unpaired) electrons. The second-order valence-electron chi connectivity index (χ2n) is 3.68. The lowest BCUT2D eigenvalue weighted by atomic mass is 10.3. The average molecular weight is 302 g/mol. The first kappa shape index (κ1) is 15.6. The highest BCUT2D eigenvalue weighted by atomic mass is 35.5. The Morgan fingerprint density at radius 3 is 2.80 bits per heavy atom. The number of hydroxylamine groups is 2. The third-order valence-electron chi connectivity index (χ3n) is 2.20. The molecule has 0 fully saturated rings. The molecule has 0 amide bonds. The molecule has 10 heteroatoms. The highest BCUT2D eigenvalue weighted by molar-refractivity contribution is 6.29. The zero-order valence-corrected chi connectivity index (χ0v) is 11.5. The minimum Gasteiger partial charge on any atom is -0.342 e. The molecule has 1 aromatic rings. The highest BCUT2D eigenvalue weighted by Gasteiger charge is 2.18. The van der Waals surface area contributed by atoms with Gasteiger partial charge in [0, 0.05) is 26.8 Å². The molecule has 0 aliphatic rings. The van der Waals surface area contributed by atoms with Gasteiger partial charge in [-0.2, -0.15) is 5.06 Å². The number of carbonyl (C=O) groups excluding carboxylic acids is 1. The predicted octanol–water partition coefficient (Wildman–Crippen LogP) is 0.734. The Bertz CT molecular complexity index is 507. The van der Waals surface area contributed by atoms with Gasteiger partial charge in [0.1, 0.15) is 10.3 Å². The zero-order valence-electron chi connectivity index (χ0n) is 10.8. The molecule has 20 heavy (non-hydrogen) atoms. The van der Waals surface area contributed by atoms with E-state index in [9.17, 15) is 14.9 Å². The number of halogens is 1. The number of guanidine groups is 1. The smallest absolute Gasteiger partial charge is 0.320 e. The molecular weight excluding hydrogens is 290 g/mol. The van der Waals surface area contributed by atoms with E-state index >= 15 is 0 Å². The van der Waals surface area contributed by atoms with Crippen molar-refractivity contribution in [2.75, 3.05) is 14.1 Å². The Morgan fingerprint density at radius 2 is 2.30 bits per heavy atom. The van der Waals surface area contributed by atoms with Crippen molar-refractivity contribution in [2.24, 2.45) is 5.10 Å². The van der Waals surface area contributed by atoms with Gasteiger partial charge in [-0.1, -0.05) is 17.7 Å². The van der Waals surface area contributed by atoms with Gasteiger partial charge in [0.25, 0.3) is 0 Å². The van der Waals surface area contributed by atoms with E-state index < -0.39 is 5.03 Å². The van der Waals surface area contributed by atoms with E-state index in [0.29, 0.717) is 5.15 Å². The van der Waals surface area contributed by atoms with Gasteiger partial charge in [-0.05, 0) is 11.6 Å². The largest absolute Gasteiger partial charge is 0.342 e. The molecule has 0 aliphatic carbocycles. The molecule has 0 atom stereocenters. The fourth-order valence-corrected chi connectivity index (χ4v) is 1.52. The van der Waals surface area contributed by atoms with Gasteiger partial charge < -0.3 is 9.74 Å². The van der Waals surface area contributed by atoms with E-state index in [4.69, 9.17) is 11.6 Å². The lowest BCUT2D eigenvalue weighted by molar-refractivity contribution is -0.486. The predicted molar refractivity (Wildman–Crippen MR) is 70.1 cm³/mol. The van der Waals surface area contributed by atoms with Crippen LogP contribution in [0, 0.1) is 10.1 Å². The van der Waals surface area contributed by atoms with Crippen LogP contribution in [0.1, 0.15) is 5.56 Å². The van der Waals surface area contributed by atoms with Crippen molar-refractivity contribution in [3.8, 4) is 0 Å². The van der Waals surface area contributed by atoms with Gasteiger partial charge in [-0.25, -0.2) is 15.1 Å². The first-order valence-electron chi connectivity index (χ1n) is 5.32. The van der Waals surface area contributed by atoms with E-state index in [-0.39, 0.29) is 19.0 Å².